The van der Waals surface area contributed by atoms with Crippen molar-refractivity contribution in [3.05, 3.63) is 35.9 Å². The van der Waals surface area contributed by atoms with E-state index in [9.17, 15) is 48.0 Å². The number of Topliss-reactive ketones (excluding diaryl/α,β-unsaturated/α-hetero) is 1. The number of cyclic esters (lactones) is 1. The quantitative estimate of drug-likeness (QED) is 0.0245. The number of carboxylic acids is 1. The average Bonchev–Trinajstić information content (AvgIpc) is 3.23. The molecule has 0 bridgehead atoms. The summed E-state index contributed by atoms with van der Waals surface area (Å²) in [6.07, 6.45) is 4.75. The third kappa shape index (κ3) is 24.7. The molecule has 4 rings (SSSR count). The fraction of sp³-hybridized carbons (Fsp3) is 0.806. The van der Waals surface area contributed by atoms with Crippen molar-refractivity contribution in [1.82, 2.24) is 4.90 Å². The van der Waals surface area contributed by atoms with Gasteiger partial charge in [-0.1, -0.05) is 118 Å². The molecule has 3 aliphatic heterocycles. The molecule has 3 fully saturated rings. The molecule has 85 heavy (non-hydrogen) atoms. The van der Waals surface area contributed by atoms with Crippen LogP contribution in [-0.2, 0) is 66.9 Å². The number of aliphatic carboxylic acids is 1. The molecule has 6 N–H and O–H groups in total. The van der Waals surface area contributed by atoms with Gasteiger partial charge in [0.25, 0.3) is 0 Å². The fourth-order valence-corrected chi connectivity index (χ4v) is 11.8. The van der Waals surface area contributed by atoms with Crippen LogP contribution in [0.3, 0.4) is 0 Å². The molecule has 1 aromatic rings. The number of para-hydroxylation sites is 1. The minimum absolute atomic E-state index is 0.0760. The van der Waals surface area contributed by atoms with Gasteiger partial charge < -0.3 is 68.3 Å². The molecule has 18 unspecified atom stereocenters. The zero-order chi connectivity index (χ0) is 64.6. The van der Waals surface area contributed by atoms with Crippen LogP contribution in [0.15, 0.2) is 30.3 Å². The molecule has 0 spiro atoms. The van der Waals surface area contributed by atoms with Crippen LogP contribution in [0.5, 0.6) is 5.75 Å². The van der Waals surface area contributed by atoms with Gasteiger partial charge in [0.15, 0.2) is 18.7 Å². The Bertz CT molecular complexity index is 2300. The molecule has 3 saturated heterocycles. The van der Waals surface area contributed by atoms with Crippen LogP contribution in [0.25, 0.3) is 6.08 Å². The van der Waals surface area contributed by atoms with Crippen molar-refractivity contribution in [2.24, 2.45) is 23.7 Å². The maximum atomic E-state index is 14.2. The number of hydrogen-bond acceptors (Lipinski definition) is 20. The first-order chi connectivity index (χ1) is 39.7. The van der Waals surface area contributed by atoms with Gasteiger partial charge >= 0.3 is 28.3 Å². The highest BCUT2D eigenvalue weighted by molar-refractivity contribution is 7.80. The first-order valence-corrected chi connectivity index (χ1v) is 31.8. The van der Waals surface area contributed by atoms with Gasteiger partial charge in [0, 0.05) is 49.3 Å². The lowest BCUT2D eigenvalue weighted by atomic mass is 9.74. The second-order valence-corrected chi connectivity index (χ2v) is 25.2. The Morgan fingerprint density at radius 3 is 1.92 bits per heavy atom. The Hall–Kier alpha value is -3.69. The number of ether oxygens (including phenoxy) is 8. The monoisotopic (exact) mass is 1230 g/mol. The Labute approximate surface area is 506 Å². The number of methoxy groups -OCH3 is 2. The molecule has 492 valence electrons. The molecule has 3 aliphatic rings. The molecule has 0 saturated carbocycles. The number of rotatable bonds is 24. The van der Waals surface area contributed by atoms with Gasteiger partial charge in [-0.15, -0.1) is 0 Å². The van der Waals surface area contributed by atoms with Crippen molar-refractivity contribution in [2.75, 3.05) is 34.9 Å². The summed E-state index contributed by atoms with van der Waals surface area (Å²) in [5, 5.41) is 55.0. The molecule has 1 aromatic carbocycles. The Morgan fingerprint density at radius 1 is 0.800 bits per heavy atom. The number of esters is 2. The molecule has 0 amide bonds. The van der Waals surface area contributed by atoms with Gasteiger partial charge in [-0.3, -0.25) is 18.9 Å². The summed E-state index contributed by atoms with van der Waals surface area (Å²) in [4.78, 5) is 53.1. The van der Waals surface area contributed by atoms with Crippen LogP contribution in [0.2, 0.25) is 0 Å². The second-order valence-electron chi connectivity index (χ2n) is 24.1. The Kier molecular flexibility index (Phi) is 33.4. The van der Waals surface area contributed by atoms with E-state index in [2.05, 4.69) is 11.1 Å². The summed E-state index contributed by atoms with van der Waals surface area (Å²) in [5.74, 6) is -5.89. The molecule has 3 heterocycles. The third-order valence-corrected chi connectivity index (χ3v) is 17.1. The molecule has 0 aromatic heterocycles. The maximum Gasteiger partial charge on any atom is 0.397 e. The number of hydrogen-bond donors (Lipinski definition) is 6. The lowest BCUT2D eigenvalue weighted by molar-refractivity contribution is -0.319. The first-order valence-electron chi connectivity index (χ1n) is 30.4. The van der Waals surface area contributed by atoms with E-state index in [1.807, 2.05) is 38.1 Å². The summed E-state index contributed by atoms with van der Waals surface area (Å²) in [6, 6.07) is 6.90. The normalized spacial score (nSPS) is 34.3. The molecule has 18 atom stereocenters. The molecule has 23 heteroatoms. The van der Waals surface area contributed by atoms with Crippen LogP contribution >= 0.6 is 0 Å². The van der Waals surface area contributed by atoms with Crippen molar-refractivity contribution in [3.63, 3.8) is 0 Å². The highest BCUT2D eigenvalue weighted by atomic mass is 32.3. The van der Waals surface area contributed by atoms with Crippen LogP contribution in [0.1, 0.15) is 185 Å². The number of benzene rings is 1. The maximum absolute atomic E-state index is 14.2. The summed E-state index contributed by atoms with van der Waals surface area (Å²) < 4.78 is 81.6. The van der Waals surface area contributed by atoms with Gasteiger partial charge in [-0.2, -0.15) is 8.42 Å². The topological polar surface area (TPSA) is 310 Å². The highest BCUT2D eigenvalue weighted by Crippen LogP contribution is 2.41. The number of aliphatic hydroxyl groups is 4. The summed E-state index contributed by atoms with van der Waals surface area (Å²) >= 11 is 0. The van der Waals surface area contributed by atoms with E-state index in [1.54, 1.807) is 67.7 Å². The smallest absolute Gasteiger partial charge is 0.397 e. The van der Waals surface area contributed by atoms with Crippen LogP contribution < -0.4 is 4.74 Å². The number of ketones is 1. The lowest BCUT2D eigenvalue weighted by Gasteiger charge is -2.49. The minimum Gasteiger partial charge on any atom is -0.496 e. The van der Waals surface area contributed by atoms with Crippen LogP contribution in [0, 0.1) is 23.7 Å². The van der Waals surface area contributed by atoms with E-state index in [-0.39, 0.29) is 44.4 Å². The van der Waals surface area contributed by atoms with Gasteiger partial charge in [-0.05, 0) is 93.5 Å². The number of carbonyl (C=O) groups excluding carboxylic acids is 3. The van der Waals surface area contributed by atoms with Crippen molar-refractivity contribution >= 4 is 40.2 Å². The average molecular weight is 1230 g/mol. The third-order valence-electron chi connectivity index (χ3n) is 16.6. The molecule has 22 nitrogen and oxygen atoms in total. The van der Waals surface area contributed by atoms with Crippen molar-refractivity contribution in [1.29, 1.82) is 0 Å². The highest BCUT2D eigenvalue weighted by Gasteiger charge is 2.54. The number of carbonyl (C=O) groups is 4. The van der Waals surface area contributed by atoms with E-state index in [4.69, 9.17) is 47.6 Å². The van der Waals surface area contributed by atoms with E-state index < -0.39 is 130 Å². The van der Waals surface area contributed by atoms with Gasteiger partial charge in [0.05, 0.1) is 67.4 Å². The van der Waals surface area contributed by atoms with Crippen LogP contribution in [0.4, 0.5) is 0 Å². The number of nitrogens with zero attached hydrogens (tertiary/aromatic N) is 1. The minimum atomic E-state index is -4.23. The zero-order valence-electron chi connectivity index (χ0n) is 53.6. The molecular formula is C62H107NO21S. The van der Waals surface area contributed by atoms with Gasteiger partial charge in [0.2, 0.25) is 0 Å². The largest absolute Gasteiger partial charge is 0.496 e. The van der Waals surface area contributed by atoms with Crippen molar-refractivity contribution in [3.8, 4) is 5.75 Å². The standard InChI is InChI=1S/C40H71NO14.C12H26O4S.C10H10O3/c1-15-27-40(11,48)33(44)22(5)30(43)20(3)18-38(9,47)35(55-37-32(53-28(42)16-2)26(41(12)13)17-21(4)50-37)23(6)31(24(7)36(46)52-27)54-29-19-39(10,49-14)34(45)25(8)51-29;1-2-3-4-5-6-7-8-9-10-11-12-16-17(13,14)15;1-13-9-5-3-2-4-8(9)6-7-10(11)12/h20-27,29,31-35,37,44-45,47-48H,15-19H2,1-14H3;2-12H2,1H3,(H,13,14,15);2-7H,1H3,(H,11,12). The number of aliphatic hydroxyl groups excluding tert-OH is 2. The molecular weight excluding hydrogens is 1130 g/mol. The molecule has 0 aliphatic carbocycles. The number of likely N-dealkylation sites (N-methyl/N-ethyl adjacent to an activating group) is 1. The first kappa shape index (κ1) is 77.4. The van der Waals surface area contributed by atoms with Gasteiger partial charge in [0.1, 0.15) is 29.3 Å². The molecule has 0 radical (unpaired) electrons. The van der Waals surface area contributed by atoms with E-state index in [0.29, 0.717) is 18.6 Å². The predicted octanol–water partition coefficient (Wildman–Crippen LogP) is 8.27. The second kappa shape index (κ2) is 36.7. The number of unbranched alkanes of at least 4 members (excludes halogenated alkanes) is 9. The zero-order valence-corrected chi connectivity index (χ0v) is 54.4. The summed E-state index contributed by atoms with van der Waals surface area (Å²) in [7, 11) is 2.52. The SMILES string of the molecule is CCC(=O)OC1C(OC2C(C)C(OC3CC(C)(OC)C(O)C(C)O3)C(C)C(=O)OC(CC)C(C)(O)C(O)C(C)C(=O)C(C)CC2(C)O)OC(C)CC1N(C)C.CCCCCCCCCCCCOS(=O)(=O)O.COc1ccccc1C=CC(=O)O. The number of carboxylic acid groups (broad SMARTS) is 1. The van der Waals surface area contributed by atoms with E-state index in [1.165, 1.54) is 78.9 Å². The van der Waals surface area contributed by atoms with Crippen molar-refractivity contribution in [2.45, 2.75) is 264 Å². The van der Waals surface area contributed by atoms with Crippen molar-refractivity contribution < 1.29 is 99.8 Å². The lowest BCUT2D eigenvalue weighted by Crippen LogP contribution is -2.61. The summed E-state index contributed by atoms with van der Waals surface area (Å²) in [6.45, 7) is 20.3. The van der Waals surface area contributed by atoms with E-state index >= 15 is 0 Å². The Balaban J connectivity index is 0.000000664. The van der Waals surface area contributed by atoms with E-state index in [0.717, 1.165) is 24.5 Å². The predicted molar refractivity (Wildman–Crippen MR) is 319 cm³/mol. The fourth-order valence-electron chi connectivity index (χ4n) is 11.5. The van der Waals surface area contributed by atoms with Gasteiger partial charge in [-0.25, -0.2) is 8.98 Å². The summed E-state index contributed by atoms with van der Waals surface area (Å²) in [5.41, 5.74) is -4.16. The Morgan fingerprint density at radius 2 is 1.39 bits per heavy atom. The van der Waals surface area contributed by atoms with Crippen LogP contribution in [-0.4, -0.2) is 186 Å².